The number of halogens is 1. The molecule has 4 aromatic rings. The second-order valence-electron chi connectivity index (χ2n) is 8.13. The Balaban J connectivity index is 1.75. The van der Waals surface area contributed by atoms with E-state index in [0.717, 1.165) is 33.3 Å². The van der Waals surface area contributed by atoms with Crippen LogP contribution in [-0.4, -0.2) is 31.0 Å². The summed E-state index contributed by atoms with van der Waals surface area (Å²) >= 11 is 0. The predicted octanol–water partition coefficient (Wildman–Crippen LogP) is 5.41. The number of sulfonamides is 1. The highest BCUT2D eigenvalue weighted by molar-refractivity contribution is 7.89. The summed E-state index contributed by atoms with van der Waals surface area (Å²) in [6.07, 6.45) is 0. The van der Waals surface area contributed by atoms with Gasteiger partial charge in [0.2, 0.25) is 5.78 Å². The number of carbonyl (C=O) groups excluding carboxylic acids is 2. The third kappa shape index (κ3) is 3.95. The average Bonchev–Trinajstić information content (AvgIpc) is 2.89. The Kier molecular flexibility index (Phi) is 5.89. The molecule has 0 aliphatic carbocycles. The molecule has 1 aliphatic heterocycles. The van der Waals surface area contributed by atoms with Crippen molar-refractivity contribution in [2.75, 3.05) is 6.54 Å². The summed E-state index contributed by atoms with van der Waals surface area (Å²) < 4.78 is 47.9. The molecule has 0 spiro atoms. The van der Waals surface area contributed by atoms with E-state index in [-0.39, 0.29) is 39.6 Å². The van der Waals surface area contributed by atoms with Gasteiger partial charge < -0.3 is 4.74 Å². The van der Waals surface area contributed by atoms with Gasteiger partial charge in [-0.3, -0.25) is 9.10 Å². The predicted molar refractivity (Wildman–Crippen MR) is 133 cm³/mol. The van der Waals surface area contributed by atoms with Crippen LogP contribution < -0.4 is 0 Å². The second kappa shape index (κ2) is 9.05. The smallest absolute Gasteiger partial charge is 0.343 e. The number of likely N-dealkylation sites (N-methyl/N-ethyl adjacent to an activating group) is 1. The molecular formula is C28H20FNO5S. The number of hydrogen-bond acceptors (Lipinski definition) is 5. The van der Waals surface area contributed by atoms with E-state index in [9.17, 15) is 22.4 Å². The van der Waals surface area contributed by atoms with E-state index in [2.05, 4.69) is 0 Å². The first-order chi connectivity index (χ1) is 17.3. The lowest BCUT2D eigenvalue weighted by Crippen LogP contribution is -2.38. The molecule has 0 radical (unpaired) electrons. The van der Waals surface area contributed by atoms with E-state index < -0.39 is 27.6 Å². The highest BCUT2D eigenvalue weighted by atomic mass is 32.2. The molecule has 6 nitrogen and oxygen atoms in total. The molecule has 0 bridgehead atoms. The summed E-state index contributed by atoms with van der Waals surface area (Å²) in [6.45, 7) is 1.45. The van der Waals surface area contributed by atoms with Gasteiger partial charge in [0.05, 0.1) is 10.5 Å². The minimum atomic E-state index is -4.23. The molecule has 5 rings (SSSR count). The van der Waals surface area contributed by atoms with Gasteiger partial charge in [-0.25, -0.2) is 17.6 Å². The largest absolute Gasteiger partial charge is 0.420 e. The third-order valence-corrected chi connectivity index (χ3v) is 7.87. The van der Waals surface area contributed by atoms with Gasteiger partial charge in [0.1, 0.15) is 11.5 Å². The highest BCUT2D eigenvalue weighted by Crippen LogP contribution is 2.39. The van der Waals surface area contributed by atoms with Gasteiger partial charge in [-0.2, -0.15) is 0 Å². The summed E-state index contributed by atoms with van der Waals surface area (Å²) in [5.41, 5.74) is -0.148. The molecule has 0 saturated carbocycles. The molecule has 0 N–H and O–H groups in total. The van der Waals surface area contributed by atoms with Gasteiger partial charge in [-0.15, -0.1) is 0 Å². The van der Waals surface area contributed by atoms with Crippen molar-refractivity contribution in [3.8, 4) is 0 Å². The molecule has 0 unspecified atom stereocenters. The molecule has 180 valence electrons. The molecular weight excluding hydrogens is 481 g/mol. The Morgan fingerprint density at radius 1 is 0.833 bits per heavy atom. The molecule has 0 amide bonds. The standard InChI is InChI=1S/C28H20FNO5S/c1-2-30-25(26(31)21-13-12-18-8-6-7-11-20(18)16-21)27(35-28(32)19-9-4-3-5-10-19)23-17-22(29)14-15-24(23)36(30,33)34/h3-17H,2H2,1H3. The van der Waals surface area contributed by atoms with Crippen molar-refractivity contribution >= 4 is 38.3 Å². The average molecular weight is 502 g/mol. The number of allylic oxidation sites excluding steroid dienone is 1. The second-order valence-corrected chi connectivity index (χ2v) is 9.97. The molecule has 1 aliphatic rings. The van der Waals surface area contributed by atoms with E-state index >= 15 is 0 Å². The van der Waals surface area contributed by atoms with Crippen molar-refractivity contribution in [1.82, 2.24) is 4.31 Å². The van der Waals surface area contributed by atoms with Gasteiger partial charge in [-0.05, 0) is 54.1 Å². The Morgan fingerprint density at radius 2 is 1.53 bits per heavy atom. The van der Waals surface area contributed by atoms with E-state index in [1.54, 1.807) is 43.3 Å². The van der Waals surface area contributed by atoms with E-state index in [1.165, 1.54) is 12.1 Å². The van der Waals surface area contributed by atoms with Crippen LogP contribution in [0.1, 0.15) is 33.2 Å². The van der Waals surface area contributed by atoms with Crippen LogP contribution in [0.15, 0.2) is 102 Å². The van der Waals surface area contributed by atoms with Gasteiger partial charge in [0, 0.05) is 17.7 Å². The van der Waals surface area contributed by atoms with Crippen LogP contribution in [0.4, 0.5) is 4.39 Å². The number of nitrogens with zero attached hydrogens (tertiary/aromatic N) is 1. The normalized spacial score (nSPS) is 14.4. The SMILES string of the molecule is CCN1C(C(=O)c2ccc3ccccc3c2)=C(OC(=O)c2ccccc2)c2cc(F)ccc2S1(=O)=O. The molecule has 1 heterocycles. The first kappa shape index (κ1) is 23.4. The summed E-state index contributed by atoms with van der Waals surface area (Å²) in [5.74, 6) is -2.52. The minimum Gasteiger partial charge on any atom is -0.420 e. The Labute approximate surface area is 207 Å². The van der Waals surface area contributed by atoms with Crippen molar-refractivity contribution in [3.63, 3.8) is 0 Å². The number of rotatable bonds is 5. The third-order valence-electron chi connectivity index (χ3n) is 5.94. The number of carbonyl (C=O) groups is 2. The number of esters is 1. The van der Waals surface area contributed by atoms with Crippen molar-refractivity contribution in [1.29, 1.82) is 0 Å². The zero-order valence-corrected chi connectivity index (χ0v) is 20.0. The topological polar surface area (TPSA) is 80.8 Å². The van der Waals surface area contributed by atoms with Crippen molar-refractivity contribution in [2.24, 2.45) is 0 Å². The fraction of sp³-hybridized carbons (Fsp3) is 0.0714. The summed E-state index contributed by atoms with van der Waals surface area (Å²) in [4.78, 5) is 26.6. The Morgan fingerprint density at radius 3 is 2.25 bits per heavy atom. The molecule has 8 heteroatoms. The molecule has 0 saturated heterocycles. The maximum absolute atomic E-state index is 14.3. The zero-order chi connectivity index (χ0) is 25.4. The lowest BCUT2D eigenvalue weighted by atomic mass is 10.0. The quantitative estimate of drug-likeness (QED) is 0.270. The van der Waals surface area contributed by atoms with Crippen LogP contribution in [0.5, 0.6) is 0 Å². The lowest BCUT2D eigenvalue weighted by Gasteiger charge is -2.32. The summed E-state index contributed by atoms with van der Waals surface area (Å²) in [7, 11) is -4.23. The van der Waals surface area contributed by atoms with E-state index in [1.807, 2.05) is 24.3 Å². The summed E-state index contributed by atoms with van der Waals surface area (Å²) in [5, 5.41) is 1.68. The van der Waals surface area contributed by atoms with Crippen LogP contribution >= 0.6 is 0 Å². The van der Waals surface area contributed by atoms with Crippen LogP contribution in [-0.2, 0) is 14.8 Å². The highest BCUT2D eigenvalue weighted by Gasteiger charge is 2.41. The summed E-state index contributed by atoms with van der Waals surface area (Å²) in [6, 6.07) is 23.5. The van der Waals surface area contributed by atoms with Gasteiger partial charge in [-0.1, -0.05) is 54.6 Å². The molecule has 4 aromatic carbocycles. The van der Waals surface area contributed by atoms with Crippen molar-refractivity contribution in [3.05, 3.63) is 119 Å². The number of ether oxygens (including phenoxy) is 1. The van der Waals surface area contributed by atoms with Crippen molar-refractivity contribution < 1.29 is 27.1 Å². The number of fused-ring (bicyclic) bond motifs is 2. The maximum Gasteiger partial charge on any atom is 0.343 e. The fourth-order valence-corrected chi connectivity index (χ4v) is 5.88. The molecule has 36 heavy (non-hydrogen) atoms. The van der Waals surface area contributed by atoms with Crippen LogP contribution in [0.25, 0.3) is 16.5 Å². The number of hydrogen-bond donors (Lipinski definition) is 0. The van der Waals surface area contributed by atoms with Crippen LogP contribution in [0.3, 0.4) is 0 Å². The Hall–Kier alpha value is -4.30. The maximum atomic E-state index is 14.3. The Bertz CT molecular complexity index is 1660. The molecule has 0 atom stereocenters. The minimum absolute atomic E-state index is 0.111. The monoisotopic (exact) mass is 501 g/mol. The number of benzene rings is 4. The van der Waals surface area contributed by atoms with E-state index in [4.69, 9.17) is 4.74 Å². The zero-order valence-electron chi connectivity index (χ0n) is 19.1. The first-order valence-electron chi connectivity index (χ1n) is 11.2. The van der Waals surface area contributed by atoms with Gasteiger partial charge >= 0.3 is 5.97 Å². The van der Waals surface area contributed by atoms with Crippen LogP contribution in [0, 0.1) is 5.82 Å². The molecule has 0 aromatic heterocycles. The number of ketones is 1. The van der Waals surface area contributed by atoms with Crippen molar-refractivity contribution in [2.45, 2.75) is 11.8 Å². The van der Waals surface area contributed by atoms with Gasteiger partial charge in [0.15, 0.2) is 5.76 Å². The van der Waals surface area contributed by atoms with E-state index in [0.29, 0.717) is 0 Å². The fourth-order valence-electron chi connectivity index (χ4n) is 4.23. The number of Topliss-reactive ketones (excluding diaryl/α,β-unsaturated/α-hetero) is 1. The first-order valence-corrected chi connectivity index (χ1v) is 12.6. The lowest BCUT2D eigenvalue weighted by molar-refractivity contribution is 0.0685. The van der Waals surface area contributed by atoms with Crippen LogP contribution in [0.2, 0.25) is 0 Å². The van der Waals surface area contributed by atoms with Gasteiger partial charge in [0.25, 0.3) is 10.0 Å². The molecule has 0 fully saturated rings.